The van der Waals surface area contributed by atoms with Crippen LogP contribution in [0.2, 0.25) is 0 Å². The summed E-state index contributed by atoms with van der Waals surface area (Å²) >= 11 is 0. The molecule has 0 spiro atoms. The van der Waals surface area contributed by atoms with Crippen molar-refractivity contribution in [2.45, 2.75) is 72.8 Å². The lowest BCUT2D eigenvalue weighted by molar-refractivity contribution is 0.0735. The van der Waals surface area contributed by atoms with Crippen molar-refractivity contribution in [3.05, 3.63) is 84.1 Å². The highest BCUT2D eigenvalue weighted by Crippen LogP contribution is 2.38. The number of anilines is 1. The number of ether oxygens (including phenoxy) is 1. The lowest BCUT2D eigenvalue weighted by Crippen LogP contribution is -2.36. The molecule has 37 heavy (non-hydrogen) atoms. The van der Waals surface area contributed by atoms with Crippen molar-refractivity contribution in [1.82, 2.24) is 9.38 Å². The van der Waals surface area contributed by atoms with Crippen LogP contribution in [0.1, 0.15) is 77.7 Å². The molecule has 4 aromatic rings. The van der Waals surface area contributed by atoms with Crippen LogP contribution < -0.4 is 10.1 Å². The molecule has 4 rings (SSSR count). The van der Waals surface area contributed by atoms with Crippen LogP contribution in [0.3, 0.4) is 0 Å². The molecule has 0 saturated carbocycles. The number of aromatic nitrogens is 2. The number of fused-ring (bicyclic) bond motifs is 1. The van der Waals surface area contributed by atoms with E-state index in [-0.39, 0.29) is 22.3 Å². The van der Waals surface area contributed by atoms with Gasteiger partial charge in [0.1, 0.15) is 22.9 Å². The monoisotopic (exact) mass is 497 g/mol. The predicted octanol–water partition coefficient (Wildman–Crippen LogP) is 8.14. The van der Waals surface area contributed by atoms with Crippen LogP contribution in [0.5, 0.6) is 5.75 Å². The first-order chi connectivity index (χ1) is 17.2. The summed E-state index contributed by atoms with van der Waals surface area (Å²) in [6, 6.07) is 21.2. The number of benzene rings is 2. The first kappa shape index (κ1) is 26.5. The molecule has 2 aromatic heterocycles. The van der Waals surface area contributed by atoms with Gasteiger partial charge < -0.3 is 10.1 Å². The average Bonchev–Trinajstić information content (AvgIpc) is 3.15. The Bertz CT molecular complexity index is 1400. The molecular weight excluding hydrogens is 458 g/mol. The Labute approximate surface area is 220 Å². The highest BCUT2D eigenvalue weighted by molar-refractivity contribution is 5.92. The number of pyridine rings is 1. The van der Waals surface area contributed by atoms with E-state index < -0.39 is 0 Å². The fraction of sp³-hybridized carbons (Fsp3) is 0.375. The summed E-state index contributed by atoms with van der Waals surface area (Å²) in [6.07, 6.45) is 2.97. The number of carbonyl (C=O) groups is 1. The average molecular weight is 498 g/mol. The van der Waals surface area contributed by atoms with Gasteiger partial charge in [0.15, 0.2) is 0 Å². The van der Waals surface area contributed by atoms with Crippen molar-refractivity contribution in [2.24, 2.45) is 5.41 Å². The third kappa shape index (κ3) is 6.22. The molecule has 5 nitrogen and oxygen atoms in total. The number of esters is 1. The van der Waals surface area contributed by atoms with Crippen LogP contribution in [-0.2, 0) is 5.41 Å². The SMILES string of the molecule is CC(C)(C)CC(C)(C)Nc1c(-c2ccccc2OC(=O)c2ccc(C(C)(C)C)cc2)nc2ccccn12. The van der Waals surface area contributed by atoms with E-state index in [1.165, 1.54) is 5.56 Å². The van der Waals surface area contributed by atoms with E-state index >= 15 is 0 Å². The van der Waals surface area contributed by atoms with Crippen LogP contribution in [0.15, 0.2) is 72.9 Å². The zero-order chi connectivity index (χ0) is 27.0. The van der Waals surface area contributed by atoms with Crippen LogP contribution in [0, 0.1) is 5.41 Å². The van der Waals surface area contributed by atoms with Gasteiger partial charge in [-0.25, -0.2) is 9.78 Å². The molecular formula is C32H39N3O2. The number of para-hydroxylation sites is 1. The van der Waals surface area contributed by atoms with E-state index in [1.54, 1.807) is 0 Å². The molecule has 0 radical (unpaired) electrons. The Morgan fingerprint density at radius 3 is 2.16 bits per heavy atom. The number of carbonyl (C=O) groups excluding carboxylic acids is 1. The summed E-state index contributed by atoms with van der Waals surface area (Å²) in [5.74, 6) is 0.967. The molecule has 5 heteroatoms. The van der Waals surface area contributed by atoms with E-state index in [1.807, 2.05) is 72.9 Å². The van der Waals surface area contributed by atoms with E-state index in [9.17, 15) is 4.79 Å². The Morgan fingerprint density at radius 2 is 1.51 bits per heavy atom. The third-order valence-corrected chi connectivity index (χ3v) is 6.29. The Hall–Kier alpha value is -3.60. The largest absolute Gasteiger partial charge is 0.422 e. The van der Waals surface area contributed by atoms with Gasteiger partial charge in [-0.3, -0.25) is 4.40 Å². The fourth-order valence-corrected chi connectivity index (χ4v) is 5.01. The van der Waals surface area contributed by atoms with Gasteiger partial charge in [0, 0.05) is 17.3 Å². The molecule has 0 fully saturated rings. The molecule has 194 valence electrons. The standard InChI is InChI=1S/C32H39N3O2/c1-30(2,3)21-32(7,8)34-28-27(33-26-15-11-12-20-35(26)28)24-13-9-10-14-25(24)37-29(36)22-16-18-23(19-17-22)31(4,5)6/h9-20,34H,21H2,1-8H3. The number of nitrogens with zero attached hydrogens (tertiary/aromatic N) is 2. The summed E-state index contributed by atoms with van der Waals surface area (Å²) in [5.41, 5.74) is 3.99. The van der Waals surface area contributed by atoms with Crippen molar-refractivity contribution in [1.29, 1.82) is 0 Å². The molecule has 0 aliphatic carbocycles. The van der Waals surface area contributed by atoms with Crippen LogP contribution in [0.25, 0.3) is 16.9 Å². The number of hydrogen-bond donors (Lipinski definition) is 1. The molecule has 0 aliphatic rings. The van der Waals surface area contributed by atoms with Gasteiger partial charge in [-0.1, -0.05) is 71.9 Å². The smallest absolute Gasteiger partial charge is 0.343 e. The molecule has 0 aliphatic heterocycles. The minimum Gasteiger partial charge on any atom is -0.422 e. The van der Waals surface area contributed by atoms with E-state index in [2.05, 4.69) is 65.1 Å². The van der Waals surface area contributed by atoms with E-state index in [4.69, 9.17) is 9.72 Å². The number of rotatable bonds is 6. The van der Waals surface area contributed by atoms with Gasteiger partial charge in [0.25, 0.3) is 0 Å². The highest BCUT2D eigenvalue weighted by atomic mass is 16.5. The minimum atomic E-state index is -0.390. The Balaban J connectivity index is 1.72. The summed E-state index contributed by atoms with van der Waals surface area (Å²) in [5, 5.41) is 3.76. The predicted molar refractivity (Wildman–Crippen MR) is 153 cm³/mol. The third-order valence-electron chi connectivity index (χ3n) is 6.29. The molecule has 0 amide bonds. The zero-order valence-corrected chi connectivity index (χ0v) is 23.3. The summed E-state index contributed by atoms with van der Waals surface area (Å²) in [6.45, 7) is 17.6. The highest BCUT2D eigenvalue weighted by Gasteiger charge is 2.29. The van der Waals surface area contributed by atoms with Crippen molar-refractivity contribution in [3.63, 3.8) is 0 Å². The van der Waals surface area contributed by atoms with Crippen LogP contribution in [0.4, 0.5) is 5.82 Å². The maximum absolute atomic E-state index is 13.1. The van der Waals surface area contributed by atoms with Crippen molar-refractivity contribution in [2.75, 3.05) is 5.32 Å². The normalized spacial score (nSPS) is 12.5. The zero-order valence-electron chi connectivity index (χ0n) is 23.3. The van der Waals surface area contributed by atoms with Crippen LogP contribution in [-0.4, -0.2) is 20.9 Å². The summed E-state index contributed by atoms with van der Waals surface area (Å²) < 4.78 is 8.02. The second-order valence-electron chi connectivity index (χ2n) is 12.7. The summed E-state index contributed by atoms with van der Waals surface area (Å²) in [4.78, 5) is 18.1. The van der Waals surface area contributed by atoms with E-state index in [0.717, 1.165) is 29.1 Å². The molecule has 0 bridgehead atoms. The summed E-state index contributed by atoms with van der Waals surface area (Å²) in [7, 11) is 0. The lowest BCUT2D eigenvalue weighted by atomic mass is 9.82. The number of imidazole rings is 1. The second-order valence-corrected chi connectivity index (χ2v) is 12.7. The Morgan fingerprint density at radius 1 is 0.865 bits per heavy atom. The van der Waals surface area contributed by atoms with Gasteiger partial charge in [0.05, 0.1) is 5.56 Å². The molecule has 2 heterocycles. The molecule has 0 saturated heterocycles. The van der Waals surface area contributed by atoms with Gasteiger partial charge in [-0.15, -0.1) is 0 Å². The van der Waals surface area contributed by atoms with Gasteiger partial charge >= 0.3 is 5.97 Å². The first-order valence-corrected chi connectivity index (χ1v) is 12.9. The fourth-order valence-electron chi connectivity index (χ4n) is 5.01. The maximum Gasteiger partial charge on any atom is 0.343 e. The van der Waals surface area contributed by atoms with Crippen molar-refractivity contribution in [3.8, 4) is 17.0 Å². The van der Waals surface area contributed by atoms with Crippen molar-refractivity contribution >= 4 is 17.4 Å². The van der Waals surface area contributed by atoms with E-state index in [0.29, 0.717) is 11.3 Å². The number of nitrogens with one attached hydrogen (secondary N) is 1. The second kappa shape index (κ2) is 9.70. The number of hydrogen-bond acceptors (Lipinski definition) is 4. The van der Waals surface area contributed by atoms with Gasteiger partial charge in [-0.2, -0.15) is 0 Å². The topological polar surface area (TPSA) is 55.6 Å². The first-order valence-electron chi connectivity index (χ1n) is 12.9. The van der Waals surface area contributed by atoms with Gasteiger partial charge in [-0.05, 0) is 73.1 Å². The van der Waals surface area contributed by atoms with Gasteiger partial charge in [0.2, 0.25) is 0 Å². The minimum absolute atomic E-state index is 0.0162. The quantitative estimate of drug-likeness (QED) is 0.216. The maximum atomic E-state index is 13.1. The van der Waals surface area contributed by atoms with Crippen LogP contribution >= 0.6 is 0 Å². The lowest BCUT2D eigenvalue weighted by Gasteiger charge is -2.34. The molecule has 0 atom stereocenters. The molecule has 2 aromatic carbocycles. The van der Waals surface area contributed by atoms with Crippen molar-refractivity contribution < 1.29 is 9.53 Å². The Kier molecular flexibility index (Phi) is 6.93. The molecule has 1 N–H and O–H groups in total. The molecule has 0 unspecified atom stereocenters.